The van der Waals surface area contributed by atoms with Gasteiger partial charge in [-0.25, -0.2) is 4.79 Å². The van der Waals surface area contributed by atoms with Gasteiger partial charge < -0.3 is 9.84 Å². The lowest BCUT2D eigenvalue weighted by Gasteiger charge is -2.11. The van der Waals surface area contributed by atoms with Crippen molar-refractivity contribution in [3.8, 4) is 16.9 Å². The molecule has 1 atom stereocenters. The molecule has 22 heavy (non-hydrogen) atoms. The number of hydrogen-bond acceptors (Lipinski definition) is 2. The number of carbonyl (C=O) groups is 1. The molecule has 0 amide bonds. The predicted octanol–water partition coefficient (Wildman–Crippen LogP) is 4.40. The third-order valence-electron chi connectivity index (χ3n) is 3.45. The van der Waals surface area contributed by atoms with Crippen LogP contribution in [0.1, 0.15) is 26.3 Å². The summed E-state index contributed by atoms with van der Waals surface area (Å²) < 4.78 is 5.33. The van der Waals surface area contributed by atoms with Crippen LogP contribution in [0.4, 0.5) is 0 Å². The quantitative estimate of drug-likeness (QED) is 0.859. The maximum atomic E-state index is 10.8. The Balaban J connectivity index is 2.08. The Morgan fingerprint density at radius 1 is 0.955 bits per heavy atom. The Morgan fingerprint density at radius 3 is 1.91 bits per heavy atom. The van der Waals surface area contributed by atoms with Gasteiger partial charge in [0.25, 0.3) is 0 Å². The molecule has 0 saturated carbocycles. The summed E-state index contributed by atoms with van der Waals surface area (Å²) in [4.78, 5) is 10.8. The van der Waals surface area contributed by atoms with E-state index < -0.39 is 12.1 Å². The summed E-state index contributed by atoms with van der Waals surface area (Å²) in [7, 11) is 0. The lowest BCUT2D eigenvalue weighted by Crippen LogP contribution is -2.22. The lowest BCUT2D eigenvalue weighted by molar-refractivity contribution is -0.144. The molecule has 0 spiro atoms. The second-order valence-electron chi connectivity index (χ2n) is 5.92. The summed E-state index contributed by atoms with van der Waals surface area (Å²) in [5.41, 5.74) is 3.57. The summed E-state index contributed by atoms with van der Waals surface area (Å²) in [6.07, 6.45) is 0.237. The second kappa shape index (κ2) is 7.12. The molecule has 0 fully saturated rings. The third kappa shape index (κ3) is 4.35. The van der Waals surface area contributed by atoms with Crippen molar-refractivity contribution in [2.24, 2.45) is 5.92 Å². The number of carboxylic acid groups (broad SMARTS) is 1. The van der Waals surface area contributed by atoms with Crippen LogP contribution in [0, 0.1) is 5.92 Å². The fourth-order valence-electron chi connectivity index (χ4n) is 2.29. The SMILES string of the molecule is CC(C)Cc1ccc(-c2ccc(O[C@@H](C)C(=O)O)cc2)cc1. The molecule has 0 radical (unpaired) electrons. The highest BCUT2D eigenvalue weighted by Crippen LogP contribution is 2.24. The Morgan fingerprint density at radius 2 is 1.45 bits per heavy atom. The zero-order chi connectivity index (χ0) is 16.1. The molecular formula is C19H22O3. The maximum absolute atomic E-state index is 10.8. The summed E-state index contributed by atoms with van der Waals surface area (Å²) in [6, 6.07) is 16.1. The van der Waals surface area contributed by atoms with Crippen molar-refractivity contribution >= 4 is 5.97 Å². The molecule has 116 valence electrons. The first-order valence-electron chi connectivity index (χ1n) is 7.54. The molecular weight excluding hydrogens is 276 g/mol. The van der Waals surface area contributed by atoms with Crippen molar-refractivity contribution in [2.75, 3.05) is 0 Å². The van der Waals surface area contributed by atoms with Gasteiger partial charge in [0.15, 0.2) is 6.10 Å². The van der Waals surface area contributed by atoms with E-state index >= 15 is 0 Å². The first-order valence-corrected chi connectivity index (χ1v) is 7.54. The first kappa shape index (κ1) is 16.1. The van der Waals surface area contributed by atoms with Crippen molar-refractivity contribution in [1.82, 2.24) is 0 Å². The molecule has 0 aliphatic heterocycles. The fourth-order valence-corrected chi connectivity index (χ4v) is 2.29. The smallest absolute Gasteiger partial charge is 0.344 e. The molecule has 0 heterocycles. The van der Waals surface area contributed by atoms with Gasteiger partial charge in [0.2, 0.25) is 0 Å². The van der Waals surface area contributed by atoms with Gasteiger partial charge in [0.1, 0.15) is 5.75 Å². The number of rotatable bonds is 6. The standard InChI is InChI=1S/C19H22O3/c1-13(2)12-15-4-6-16(7-5-15)17-8-10-18(11-9-17)22-14(3)19(20)21/h4-11,13-14H,12H2,1-3H3,(H,20,21)/t14-/m0/s1. The van der Waals surface area contributed by atoms with Crippen LogP contribution in [-0.2, 0) is 11.2 Å². The van der Waals surface area contributed by atoms with Gasteiger partial charge >= 0.3 is 5.97 Å². The first-order chi connectivity index (χ1) is 10.5. The van der Waals surface area contributed by atoms with Gasteiger partial charge in [0.05, 0.1) is 0 Å². The molecule has 3 nitrogen and oxygen atoms in total. The molecule has 0 bridgehead atoms. The van der Waals surface area contributed by atoms with Crippen molar-refractivity contribution < 1.29 is 14.6 Å². The zero-order valence-corrected chi connectivity index (χ0v) is 13.2. The van der Waals surface area contributed by atoms with E-state index in [0.717, 1.165) is 17.5 Å². The van der Waals surface area contributed by atoms with Crippen molar-refractivity contribution in [3.63, 3.8) is 0 Å². The number of hydrogen-bond donors (Lipinski definition) is 1. The third-order valence-corrected chi connectivity index (χ3v) is 3.45. The minimum absolute atomic E-state index is 0.565. The van der Waals surface area contributed by atoms with Crippen molar-refractivity contribution in [1.29, 1.82) is 0 Å². The lowest BCUT2D eigenvalue weighted by atomic mass is 9.99. The Kier molecular flexibility index (Phi) is 5.21. The molecule has 1 N–H and O–H groups in total. The summed E-state index contributed by atoms with van der Waals surface area (Å²) in [6.45, 7) is 5.94. The molecule has 3 heteroatoms. The highest BCUT2D eigenvalue weighted by Gasteiger charge is 2.12. The number of carboxylic acids is 1. The van der Waals surface area contributed by atoms with E-state index in [2.05, 4.69) is 38.1 Å². The highest BCUT2D eigenvalue weighted by atomic mass is 16.5. The fraction of sp³-hybridized carbons (Fsp3) is 0.316. The van der Waals surface area contributed by atoms with Crippen LogP contribution in [-0.4, -0.2) is 17.2 Å². The van der Waals surface area contributed by atoms with Gasteiger partial charge in [-0.05, 0) is 48.1 Å². The Bertz CT molecular complexity index is 612. The van der Waals surface area contributed by atoms with E-state index in [9.17, 15) is 4.79 Å². The van der Waals surface area contributed by atoms with Crippen LogP contribution in [0.15, 0.2) is 48.5 Å². The largest absolute Gasteiger partial charge is 0.479 e. The van der Waals surface area contributed by atoms with Crippen LogP contribution >= 0.6 is 0 Å². The van der Waals surface area contributed by atoms with E-state index in [1.165, 1.54) is 12.5 Å². The second-order valence-corrected chi connectivity index (χ2v) is 5.92. The van der Waals surface area contributed by atoms with Gasteiger partial charge in [-0.2, -0.15) is 0 Å². The monoisotopic (exact) mass is 298 g/mol. The Hall–Kier alpha value is -2.29. The van der Waals surface area contributed by atoms with E-state index in [4.69, 9.17) is 9.84 Å². The maximum Gasteiger partial charge on any atom is 0.344 e. The average molecular weight is 298 g/mol. The molecule has 0 unspecified atom stereocenters. The topological polar surface area (TPSA) is 46.5 Å². The van der Waals surface area contributed by atoms with Crippen molar-refractivity contribution in [3.05, 3.63) is 54.1 Å². The molecule has 2 rings (SSSR count). The molecule has 2 aromatic carbocycles. The van der Waals surface area contributed by atoms with Crippen LogP contribution in [0.5, 0.6) is 5.75 Å². The summed E-state index contributed by atoms with van der Waals surface area (Å²) in [5, 5.41) is 8.84. The van der Waals surface area contributed by atoms with Crippen LogP contribution in [0.25, 0.3) is 11.1 Å². The minimum atomic E-state index is -0.968. The normalized spacial score (nSPS) is 12.2. The van der Waals surface area contributed by atoms with E-state index in [-0.39, 0.29) is 0 Å². The molecule has 0 aliphatic rings. The van der Waals surface area contributed by atoms with Gasteiger partial charge in [-0.1, -0.05) is 50.2 Å². The van der Waals surface area contributed by atoms with Gasteiger partial charge in [-0.15, -0.1) is 0 Å². The number of aliphatic carboxylic acids is 1. The van der Waals surface area contributed by atoms with E-state index in [1.54, 1.807) is 12.1 Å². The minimum Gasteiger partial charge on any atom is -0.479 e. The summed E-state index contributed by atoms with van der Waals surface area (Å²) >= 11 is 0. The molecule has 0 aliphatic carbocycles. The van der Waals surface area contributed by atoms with Crippen molar-refractivity contribution in [2.45, 2.75) is 33.3 Å². The highest BCUT2D eigenvalue weighted by molar-refractivity contribution is 5.72. The van der Waals surface area contributed by atoms with Gasteiger partial charge in [-0.3, -0.25) is 0 Å². The Labute approximate surface area is 131 Å². The molecule has 2 aromatic rings. The van der Waals surface area contributed by atoms with Crippen LogP contribution in [0.2, 0.25) is 0 Å². The average Bonchev–Trinajstić information content (AvgIpc) is 2.48. The van der Waals surface area contributed by atoms with E-state index in [0.29, 0.717) is 11.7 Å². The van der Waals surface area contributed by atoms with E-state index in [1.807, 2.05) is 12.1 Å². The predicted molar refractivity (Wildman–Crippen MR) is 88.1 cm³/mol. The molecule has 0 aromatic heterocycles. The number of benzene rings is 2. The molecule has 0 saturated heterocycles. The van der Waals surface area contributed by atoms with Gasteiger partial charge in [0, 0.05) is 0 Å². The summed E-state index contributed by atoms with van der Waals surface area (Å²) in [5.74, 6) is 0.249. The zero-order valence-electron chi connectivity index (χ0n) is 13.2. The van der Waals surface area contributed by atoms with Crippen LogP contribution < -0.4 is 4.74 Å². The number of ether oxygens (including phenoxy) is 1. The van der Waals surface area contributed by atoms with Crippen LogP contribution in [0.3, 0.4) is 0 Å².